The van der Waals surface area contributed by atoms with E-state index in [0.717, 1.165) is 0 Å². The number of hydrogen-bond acceptors (Lipinski definition) is 7. The molecule has 3 N–H and O–H groups in total. The molecule has 158 valence electrons. The molecule has 0 aliphatic heterocycles. The van der Waals surface area contributed by atoms with Gasteiger partial charge in [0.2, 0.25) is 0 Å². The van der Waals surface area contributed by atoms with Gasteiger partial charge in [0.05, 0.1) is 34.4 Å². The minimum Gasteiger partial charge on any atom is -0.493 e. The predicted octanol–water partition coefficient (Wildman–Crippen LogP) is 3.70. The monoisotopic (exact) mass is 429 g/mol. The third kappa shape index (κ3) is 4.13. The van der Waals surface area contributed by atoms with Crippen LogP contribution in [0.25, 0.3) is 10.9 Å². The maximum Gasteiger partial charge on any atom is 0.316 e. The third-order valence-corrected chi connectivity index (χ3v) is 7.07. The average molecular weight is 430 g/mol. The number of rotatable bonds is 6. The highest BCUT2D eigenvalue weighted by Gasteiger charge is 2.20. The van der Waals surface area contributed by atoms with Gasteiger partial charge in [0.1, 0.15) is 6.33 Å². The van der Waals surface area contributed by atoms with Crippen LogP contribution in [0.3, 0.4) is 0 Å². The van der Waals surface area contributed by atoms with Crippen LogP contribution in [0.1, 0.15) is 13.8 Å². The number of hydrogen-bond donors (Lipinski definition) is 2. The molecule has 2 amide bonds. The third-order valence-electron chi connectivity index (χ3n) is 4.42. The molecule has 1 heterocycles. The topological polar surface area (TPSA) is 129 Å². The molecule has 10 heteroatoms. The number of carbonyl (C=O) groups is 1. The molecule has 3 rings (SSSR count). The van der Waals surface area contributed by atoms with Gasteiger partial charge in [-0.1, -0.05) is 6.07 Å². The minimum absolute atomic E-state index is 0.271. The molecule has 0 fully saturated rings. The first-order chi connectivity index (χ1) is 14.3. The van der Waals surface area contributed by atoms with Crippen molar-refractivity contribution in [1.29, 1.82) is 0 Å². The first-order valence-electron chi connectivity index (χ1n) is 9.07. The van der Waals surface area contributed by atoms with Gasteiger partial charge in [0.25, 0.3) is 0 Å². The van der Waals surface area contributed by atoms with Crippen molar-refractivity contribution in [1.82, 2.24) is 9.97 Å². The lowest BCUT2D eigenvalue weighted by molar-refractivity contribution is 0.259. The molecule has 0 saturated heterocycles. The van der Waals surface area contributed by atoms with Crippen LogP contribution < -0.4 is 20.5 Å². The van der Waals surface area contributed by atoms with Crippen molar-refractivity contribution in [2.24, 2.45) is 10.1 Å². The van der Waals surface area contributed by atoms with Gasteiger partial charge in [0.15, 0.2) is 17.3 Å². The Hall–Kier alpha value is -3.40. The number of amides is 2. The number of benzene rings is 2. The number of anilines is 1. The Bertz CT molecular complexity index is 1220. The Kier molecular flexibility index (Phi) is 6.06. The fourth-order valence-corrected chi connectivity index (χ4v) is 4.73. The molecule has 3 aromatic rings. The number of fused-ring (bicyclic) bond motifs is 1. The van der Waals surface area contributed by atoms with E-state index in [1.165, 1.54) is 20.5 Å². The molecule has 0 bridgehead atoms. The number of nitrogens with zero attached hydrogens (tertiary/aromatic N) is 3. The quantitative estimate of drug-likeness (QED) is 0.615. The molecule has 30 heavy (non-hydrogen) atoms. The van der Waals surface area contributed by atoms with Crippen molar-refractivity contribution in [3.8, 4) is 11.5 Å². The van der Waals surface area contributed by atoms with Crippen molar-refractivity contribution in [3.63, 3.8) is 0 Å². The molecule has 1 atom stereocenters. The fraction of sp³-hybridized carbons (Fsp3) is 0.250. The van der Waals surface area contributed by atoms with E-state index in [1.54, 1.807) is 36.4 Å². The molecule has 9 nitrogen and oxygen atoms in total. The number of urea groups is 1. The standard InChI is InChI=1S/C20H23N5O4S/c1-12(2)30(27,14-7-5-6-13(8-14)24-20(21)26)25-19-15-9-17(28-3)18(29-4)10-16(15)22-11-23-19/h5-12H,1-4H3,(H3,21,24,26). The van der Waals surface area contributed by atoms with E-state index >= 15 is 0 Å². The number of nitrogens with one attached hydrogen (secondary N) is 1. The molecule has 2 aromatic carbocycles. The average Bonchev–Trinajstić information content (AvgIpc) is 2.72. The summed E-state index contributed by atoms with van der Waals surface area (Å²) >= 11 is 0. The molecule has 0 spiro atoms. The Morgan fingerprint density at radius 3 is 2.47 bits per heavy atom. The van der Waals surface area contributed by atoms with E-state index in [9.17, 15) is 9.00 Å². The van der Waals surface area contributed by atoms with Gasteiger partial charge in [0, 0.05) is 22.4 Å². The summed E-state index contributed by atoms with van der Waals surface area (Å²) in [4.78, 5) is 20.2. The van der Waals surface area contributed by atoms with Gasteiger partial charge in [-0.25, -0.2) is 19.0 Å². The Balaban J connectivity index is 2.25. The second-order valence-corrected chi connectivity index (χ2v) is 9.38. The van der Waals surface area contributed by atoms with Crippen LogP contribution in [0, 0.1) is 0 Å². The van der Waals surface area contributed by atoms with Gasteiger partial charge in [-0.15, -0.1) is 0 Å². The fourth-order valence-electron chi connectivity index (χ4n) is 2.90. The van der Waals surface area contributed by atoms with Crippen molar-refractivity contribution in [3.05, 3.63) is 42.7 Å². The lowest BCUT2D eigenvalue weighted by atomic mass is 10.2. The van der Waals surface area contributed by atoms with E-state index < -0.39 is 15.8 Å². The van der Waals surface area contributed by atoms with Crippen LogP contribution in [0.15, 0.2) is 52.0 Å². The maximum atomic E-state index is 14.0. The summed E-state index contributed by atoms with van der Waals surface area (Å²) in [5, 5.41) is 2.73. The van der Waals surface area contributed by atoms with Crippen molar-refractivity contribution >= 4 is 38.2 Å². The number of primary amides is 1. The largest absolute Gasteiger partial charge is 0.493 e. The maximum absolute atomic E-state index is 14.0. The smallest absolute Gasteiger partial charge is 0.316 e. The number of ether oxygens (including phenoxy) is 2. The highest BCUT2D eigenvalue weighted by Crippen LogP contribution is 2.36. The lowest BCUT2D eigenvalue weighted by Gasteiger charge is -2.16. The van der Waals surface area contributed by atoms with Crippen LogP contribution in [0.2, 0.25) is 0 Å². The normalized spacial score (nSPS) is 13.0. The van der Waals surface area contributed by atoms with Crippen molar-refractivity contribution in [2.75, 3.05) is 19.5 Å². The minimum atomic E-state index is -2.95. The lowest BCUT2D eigenvalue weighted by Crippen LogP contribution is -2.20. The summed E-state index contributed by atoms with van der Waals surface area (Å²) in [5.74, 6) is 1.28. The van der Waals surface area contributed by atoms with Crippen molar-refractivity contribution < 1.29 is 18.5 Å². The van der Waals surface area contributed by atoms with E-state index in [1.807, 2.05) is 13.8 Å². The summed E-state index contributed by atoms with van der Waals surface area (Å²) in [5.41, 5.74) is 6.21. The summed E-state index contributed by atoms with van der Waals surface area (Å²) in [6.07, 6.45) is 1.36. The summed E-state index contributed by atoms with van der Waals surface area (Å²) in [6, 6.07) is 9.36. The van der Waals surface area contributed by atoms with Crippen LogP contribution >= 0.6 is 0 Å². The number of methoxy groups -OCH3 is 2. The highest BCUT2D eigenvalue weighted by atomic mass is 32.2. The first-order valence-corrected chi connectivity index (χ1v) is 10.7. The Morgan fingerprint density at radius 2 is 1.83 bits per heavy atom. The Morgan fingerprint density at radius 1 is 1.13 bits per heavy atom. The van der Waals surface area contributed by atoms with E-state index in [4.69, 9.17) is 15.2 Å². The molecule has 1 unspecified atom stereocenters. The molecule has 0 aliphatic carbocycles. The van der Waals surface area contributed by atoms with Gasteiger partial charge in [-0.2, -0.15) is 4.36 Å². The van der Waals surface area contributed by atoms with Crippen LogP contribution in [-0.2, 0) is 9.73 Å². The second kappa shape index (κ2) is 8.54. The zero-order valence-electron chi connectivity index (χ0n) is 17.1. The zero-order valence-corrected chi connectivity index (χ0v) is 17.9. The van der Waals surface area contributed by atoms with E-state index in [-0.39, 0.29) is 11.1 Å². The van der Waals surface area contributed by atoms with Gasteiger partial charge in [-0.3, -0.25) is 0 Å². The number of carbonyl (C=O) groups excluding carboxylic acids is 1. The second-order valence-electron chi connectivity index (χ2n) is 6.65. The summed E-state index contributed by atoms with van der Waals surface area (Å²) < 4.78 is 29.3. The van der Waals surface area contributed by atoms with Gasteiger partial charge < -0.3 is 20.5 Å². The Labute approximate surface area is 174 Å². The van der Waals surface area contributed by atoms with Gasteiger partial charge >= 0.3 is 6.03 Å². The summed E-state index contributed by atoms with van der Waals surface area (Å²) in [7, 11) is 0.111. The van der Waals surface area contributed by atoms with Crippen LogP contribution in [0.5, 0.6) is 11.5 Å². The molecular formula is C20H23N5O4S. The highest BCUT2D eigenvalue weighted by molar-refractivity contribution is 7.94. The van der Waals surface area contributed by atoms with Crippen LogP contribution in [-0.4, -0.2) is 39.7 Å². The number of nitrogens with two attached hydrogens (primary N) is 1. The van der Waals surface area contributed by atoms with E-state index in [2.05, 4.69) is 19.6 Å². The van der Waals surface area contributed by atoms with Gasteiger partial charge in [-0.05, 0) is 38.1 Å². The predicted molar refractivity (Wildman–Crippen MR) is 116 cm³/mol. The molecular weight excluding hydrogens is 406 g/mol. The van der Waals surface area contributed by atoms with E-state index in [0.29, 0.717) is 33.0 Å². The molecule has 1 aromatic heterocycles. The molecule has 0 saturated carbocycles. The molecule has 0 aliphatic rings. The van der Waals surface area contributed by atoms with Crippen LogP contribution in [0.4, 0.5) is 16.3 Å². The zero-order chi connectivity index (χ0) is 21.9. The molecule has 0 radical (unpaired) electrons. The SMILES string of the molecule is COc1cc2ncnc(N=S(=O)(c3cccc(NC(N)=O)c3)C(C)C)c2cc1OC. The summed E-state index contributed by atoms with van der Waals surface area (Å²) in [6.45, 7) is 3.63. The number of aromatic nitrogens is 2. The van der Waals surface area contributed by atoms with Crippen molar-refractivity contribution in [2.45, 2.75) is 24.0 Å². The first kappa shape index (κ1) is 21.3.